The van der Waals surface area contributed by atoms with Crippen LogP contribution in [0.3, 0.4) is 0 Å². The van der Waals surface area contributed by atoms with Crippen LogP contribution < -0.4 is 10.3 Å². The van der Waals surface area contributed by atoms with Crippen LogP contribution in [0.2, 0.25) is 10.0 Å². The molecule has 0 amide bonds. The monoisotopic (exact) mass is 532 g/mol. The molecule has 0 aliphatic heterocycles. The summed E-state index contributed by atoms with van der Waals surface area (Å²) in [4.78, 5) is 26.0. The molecule has 0 radical (unpaired) electrons. The molecule has 4 rings (SSSR count). The van der Waals surface area contributed by atoms with Crippen molar-refractivity contribution in [3.63, 3.8) is 0 Å². The summed E-state index contributed by atoms with van der Waals surface area (Å²) in [5.74, 6) is -1.24. The van der Waals surface area contributed by atoms with Crippen molar-refractivity contribution in [3.05, 3.63) is 97.9 Å². The predicted molar refractivity (Wildman–Crippen MR) is 132 cm³/mol. The van der Waals surface area contributed by atoms with Crippen LogP contribution in [0.4, 0.5) is 8.78 Å². The van der Waals surface area contributed by atoms with Crippen LogP contribution in [0.25, 0.3) is 17.1 Å². The predicted octanol–water partition coefficient (Wildman–Crippen LogP) is 5.39. The molecule has 0 unspecified atom stereocenters. The van der Waals surface area contributed by atoms with Gasteiger partial charge < -0.3 is 9.84 Å². The third-order valence-electron chi connectivity index (χ3n) is 5.24. The summed E-state index contributed by atoms with van der Waals surface area (Å²) in [6, 6.07) is 7.80. The lowest BCUT2D eigenvalue weighted by Gasteiger charge is -2.17. The maximum atomic E-state index is 13.9. The highest BCUT2D eigenvalue weighted by Crippen LogP contribution is 2.29. The number of ether oxygens (including phenoxy) is 1. The second kappa shape index (κ2) is 9.93. The molecule has 36 heavy (non-hydrogen) atoms. The summed E-state index contributed by atoms with van der Waals surface area (Å²) in [5.41, 5.74) is -0.256. The van der Waals surface area contributed by atoms with Crippen LogP contribution in [0.1, 0.15) is 30.9 Å². The summed E-state index contributed by atoms with van der Waals surface area (Å²) in [6.45, 7) is 4.51. The van der Waals surface area contributed by atoms with Gasteiger partial charge in [0.05, 0.1) is 22.1 Å². The van der Waals surface area contributed by atoms with E-state index in [2.05, 4.69) is 15.0 Å². The molecule has 0 aliphatic rings. The van der Waals surface area contributed by atoms with Gasteiger partial charge >= 0.3 is 0 Å². The first-order chi connectivity index (χ1) is 17.0. The number of nitrogens with zero attached hydrogens (tertiary/aromatic N) is 4. The van der Waals surface area contributed by atoms with Gasteiger partial charge in [-0.15, -0.1) is 0 Å². The average molecular weight is 533 g/mol. The molecule has 0 saturated heterocycles. The Morgan fingerprint density at radius 2 is 1.83 bits per heavy atom. The molecule has 0 spiro atoms. The van der Waals surface area contributed by atoms with E-state index in [0.29, 0.717) is 22.8 Å². The van der Waals surface area contributed by atoms with Gasteiger partial charge in [0.15, 0.2) is 5.82 Å². The first kappa shape index (κ1) is 25.7. The Morgan fingerprint density at radius 1 is 1.08 bits per heavy atom. The van der Waals surface area contributed by atoms with Gasteiger partial charge in [-0.3, -0.25) is 14.3 Å². The van der Waals surface area contributed by atoms with E-state index >= 15 is 0 Å². The van der Waals surface area contributed by atoms with Crippen LogP contribution in [-0.2, 0) is 12.2 Å². The molecular weight excluding hydrogens is 513 g/mol. The summed E-state index contributed by atoms with van der Waals surface area (Å²) in [7, 11) is 0. The lowest BCUT2D eigenvalue weighted by atomic mass is 10.1. The molecule has 4 aromatic rings. The topological polar surface area (TPSA) is 90.1 Å². The highest BCUT2D eigenvalue weighted by Gasteiger charge is 2.21. The lowest BCUT2D eigenvalue weighted by molar-refractivity contribution is 0.0688. The molecule has 3 heterocycles. The number of pyridine rings is 2. The van der Waals surface area contributed by atoms with Gasteiger partial charge in [0.1, 0.15) is 34.6 Å². The van der Waals surface area contributed by atoms with Crippen LogP contribution in [0.15, 0.2) is 53.6 Å². The second-order valence-corrected chi connectivity index (χ2v) is 9.26. The van der Waals surface area contributed by atoms with E-state index in [4.69, 9.17) is 27.9 Å². The van der Waals surface area contributed by atoms with Crippen LogP contribution in [0.5, 0.6) is 5.75 Å². The molecule has 186 valence electrons. The SMILES string of the molecule is Cc1cc(OCc2ccc(F)cc2F)c(Cl)c(=O)n1-c1cc(-c2ccnc(C(C)(C)O)n2)ncc1Cl. The molecule has 0 atom stereocenters. The Bertz CT molecular complexity index is 1520. The van der Waals surface area contributed by atoms with Gasteiger partial charge in [-0.1, -0.05) is 23.2 Å². The van der Waals surface area contributed by atoms with Gasteiger partial charge in [-0.2, -0.15) is 0 Å². The number of aromatic nitrogens is 4. The largest absolute Gasteiger partial charge is 0.487 e. The number of aryl methyl sites for hydroxylation is 1. The van der Waals surface area contributed by atoms with Gasteiger partial charge in [0.25, 0.3) is 5.56 Å². The minimum absolute atomic E-state index is 0.0372. The van der Waals surface area contributed by atoms with E-state index in [9.17, 15) is 18.7 Å². The van der Waals surface area contributed by atoms with Crippen molar-refractivity contribution in [2.75, 3.05) is 0 Å². The maximum absolute atomic E-state index is 13.9. The van der Waals surface area contributed by atoms with Gasteiger partial charge in [0.2, 0.25) is 0 Å². The summed E-state index contributed by atoms with van der Waals surface area (Å²) < 4.78 is 34.0. The van der Waals surface area contributed by atoms with E-state index in [1.807, 2.05) is 0 Å². The Labute approximate surface area is 215 Å². The first-order valence-electron chi connectivity index (χ1n) is 10.7. The zero-order valence-electron chi connectivity index (χ0n) is 19.4. The Balaban J connectivity index is 1.72. The molecule has 11 heteroatoms. The molecular formula is C25H20Cl2F2N4O3. The van der Waals surface area contributed by atoms with Crippen molar-refractivity contribution in [1.82, 2.24) is 19.5 Å². The fourth-order valence-corrected chi connectivity index (χ4v) is 3.80. The van der Waals surface area contributed by atoms with Crippen molar-refractivity contribution in [1.29, 1.82) is 0 Å². The summed E-state index contributed by atoms with van der Waals surface area (Å²) >= 11 is 12.7. The first-order valence-corrected chi connectivity index (χ1v) is 11.4. The number of hydrogen-bond donors (Lipinski definition) is 1. The molecule has 1 N–H and O–H groups in total. The molecule has 0 saturated carbocycles. The number of halogens is 4. The molecule has 0 bridgehead atoms. The third-order valence-corrected chi connectivity index (χ3v) is 5.88. The summed E-state index contributed by atoms with van der Waals surface area (Å²) in [5, 5.41) is 10.2. The average Bonchev–Trinajstić information content (AvgIpc) is 2.82. The molecule has 1 aromatic carbocycles. The minimum Gasteiger partial charge on any atom is -0.487 e. The van der Waals surface area contributed by atoms with Gasteiger partial charge in [-0.05, 0) is 45.0 Å². The zero-order chi connectivity index (χ0) is 26.2. The Kier molecular flexibility index (Phi) is 7.08. The van der Waals surface area contributed by atoms with Crippen molar-refractivity contribution in [3.8, 4) is 22.8 Å². The van der Waals surface area contributed by atoms with Crippen molar-refractivity contribution in [2.24, 2.45) is 0 Å². The molecule has 7 nitrogen and oxygen atoms in total. The van der Waals surface area contributed by atoms with E-state index in [1.165, 1.54) is 29.1 Å². The third kappa shape index (κ3) is 5.23. The number of aliphatic hydroxyl groups is 1. The fraction of sp³-hybridized carbons (Fsp3) is 0.200. The fourth-order valence-electron chi connectivity index (χ4n) is 3.42. The smallest absolute Gasteiger partial charge is 0.277 e. The van der Waals surface area contributed by atoms with E-state index in [-0.39, 0.29) is 33.8 Å². The van der Waals surface area contributed by atoms with Crippen LogP contribution in [0, 0.1) is 18.6 Å². The maximum Gasteiger partial charge on any atom is 0.277 e. The number of rotatable bonds is 6. The normalized spacial score (nSPS) is 11.6. The quantitative estimate of drug-likeness (QED) is 0.358. The van der Waals surface area contributed by atoms with Gasteiger partial charge in [-0.25, -0.2) is 18.7 Å². The standard InChI is InChI=1S/C25H20Cl2F2N4O3/c1-13-8-21(36-12-14-4-5-15(28)9-17(14)29)22(27)23(34)33(13)20-10-19(31-11-16(20)26)18-6-7-30-24(32-18)25(2,3)35/h4-11,35H,12H2,1-3H3. The molecule has 3 aromatic heterocycles. The number of benzene rings is 1. The minimum atomic E-state index is -1.26. The van der Waals surface area contributed by atoms with Crippen LogP contribution in [-0.4, -0.2) is 24.6 Å². The second-order valence-electron chi connectivity index (χ2n) is 8.47. The van der Waals surface area contributed by atoms with Crippen molar-refractivity contribution >= 4 is 23.2 Å². The van der Waals surface area contributed by atoms with Crippen LogP contribution >= 0.6 is 23.2 Å². The lowest BCUT2D eigenvalue weighted by Crippen LogP contribution is -2.22. The zero-order valence-corrected chi connectivity index (χ0v) is 20.9. The van der Waals surface area contributed by atoms with Crippen molar-refractivity contribution in [2.45, 2.75) is 33.0 Å². The molecule has 0 fully saturated rings. The van der Waals surface area contributed by atoms with E-state index < -0.39 is 22.8 Å². The summed E-state index contributed by atoms with van der Waals surface area (Å²) in [6.07, 6.45) is 2.87. The van der Waals surface area contributed by atoms with E-state index in [1.54, 1.807) is 32.9 Å². The molecule has 0 aliphatic carbocycles. The Hall–Kier alpha value is -3.40. The van der Waals surface area contributed by atoms with E-state index in [0.717, 1.165) is 12.1 Å². The Morgan fingerprint density at radius 3 is 2.53 bits per heavy atom. The van der Waals surface area contributed by atoms with Crippen molar-refractivity contribution < 1.29 is 18.6 Å². The van der Waals surface area contributed by atoms with Gasteiger partial charge in [0, 0.05) is 35.8 Å². The highest BCUT2D eigenvalue weighted by atomic mass is 35.5. The number of hydrogen-bond acceptors (Lipinski definition) is 6. The highest BCUT2D eigenvalue weighted by molar-refractivity contribution is 6.33.